The third kappa shape index (κ3) is 1330. The van der Waals surface area contributed by atoms with Crippen LogP contribution in [0.5, 0.6) is 0 Å². The van der Waals surface area contributed by atoms with Crippen molar-refractivity contribution >= 4 is 0 Å². The first-order chi connectivity index (χ1) is 6.20. The topological polar surface area (TPSA) is 77.8 Å². The van der Waals surface area contributed by atoms with Crippen molar-refractivity contribution in [1.29, 1.82) is 0 Å². The van der Waals surface area contributed by atoms with Crippen LogP contribution in [0.15, 0.2) is 0 Å². The minimum Gasteiger partial charge on any atom is 0 e. The largest absolute Gasteiger partial charge is 0 e. The van der Waals surface area contributed by atoms with Gasteiger partial charge in [-0.2, -0.15) is 0 Å². The Balaban J connectivity index is -0.0000000152. The summed E-state index contributed by atoms with van der Waals surface area (Å²) in [5.41, 5.74) is 0. The van der Waals surface area contributed by atoms with Crippen LogP contribution in [-0.4, -0.2) is 33.6 Å². The van der Waals surface area contributed by atoms with E-state index in [0.717, 1.165) is 17.4 Å². The third-order valence-corrected chi connectivity index (χ3v) is 0. The van der Waals surface area contributed by atoms with Crippen LogP contribution in [-0.2, 0) is 42.8 Å². The van der Waals surface area contributed by atoms with E-state index in [2.05, 4.69) is 0 Å². The predicted molar refractivity (Wildman–Crippen MR) is 53.9 cm³/mol. The molecule has 0 atom stereocenters. The van der Waals surface area contributed by atoms with Crippen LogP contribution in [0.2, 0.25) is 0 Å². The van der Waals surface area contributed by atoms with Crippen LogP contribution in [0.3, 0.4) is 0 Å². The molecule has 0 rings (SSSR count). The van der Waals surface area contributed by atoms with E-state index in [0.29, 0.717) is 0 Å². The van der Waals surface area contributed by atoms with Crippen molar-refractivity contribution in [2.24, 2.45) is 0 Å². The Kier molecular flexibility index (Phi) is 81.0. The van der Waals surface area contributed by atoms with E-state index in [1.54, 1.807) is 41.5 Å². The molecule has 0 saturated carbocycles. The summed E-state index contributed by atoms with van der Waals surface area (Å²) in [7, 11) is 0. The van der Waals surface area contributed by atoms with E-state index in [-0.39, 0.29) is 60.3 Å². The van der Waals surface area contributed by atoms with Gasteiger partial charge < -0.3 is 16.7 Å². The second-order valence-electron chi connectivity index (χ2n) is 3.28. The van der Waals surface area contributed by atoms with E-state index in [4.69, 9.17) is 19.0 Å². The number of hydrogen-bond acceptors (Lipinski definition) is 4. The second-order valence-corrected chi connectivity index (χ2v) is 3.28. The van der Waals surface area contributed by atoms with Crippen LogP contribution >= 0.6 is 0 Å². The number of hydrogen-bond donors (Lipinski definition) is 3. The van der Waals surface area contributed by atoms with Crippen LogP contribution in [0.25, 0.3) is 0 Å². The van der Waals surface area contributed by atoms with Crippen molar-refractivity contribution in [3.8, 4) is 0 Å². The maximum absolute atomic E-state index is 8.19. The first-order valence-electron chi connectivity index (χ1n) is 4.42. The molecule has 3 N–H and O–H groups in total. The van der Waals surface area contributed by atoms with Crippen molar-refractivity contribution in [2.45, 2.75) is 59.9 Å². The monoisotopic (exact) mass is 303 g/mol. The summed E-state index contributed by atoms with van der Waals surface area (Å²) in [6.45, 7) is 10.3. The summed E-state index contributed by atoms with van der Waals surface area (Å²) in [6.07, 6.45) is -0.500. The van der Waals surface area contributed by atoms with Gasteiger partial charge in [-0.1, -0.05) is 0 Å². The Morgan fingerprint density at radius 1 is 0.750 bits per heavy atom. The van der Waals surface area contributed by atoms with Crippen molar-refractivity contribution in [3.63, 3.8) is 0 Å². The Hall–Kier alpha value is 1.58. The summed E-state index contributed by atoms with van der Waals surface area (Å²) in [5, 5.41) is 24.2. The quantitative estimate of drug-likeness (QED) is 0.459. The zero-order valence-electron chi connectivity index (χ0n) is 12.4. The summed E-state index contributed by atoms with van der Waals surface area (Å²) in [5.74, 6) is 0. The maximum Gasteiger partial charge on any atom is 0 e. The van der Waals surface area contributed by atoms with Gasteiger partial charge in [0.1, 0.15) is 0 Å². The van der Waals surface area contributed by atoms with Gasteiger partial charge in [-0.3, -0.25) is 0 Å². The molecular weight excluding hydrogens is 278 g/mol. The molecule has 0 aliphatic rings. The van der Waals surface area contributed by atoms with Crippen LogP contribution < -0.4 is 18.9 Å². The van der Waals surface area contributed by atoms with E-state index in [1.165, 1.54) is 0 Å². The van der Waals surface area contributed by atoms with Gasteiger partial charge in [-0.15, -0.1) is 0 Å². The number of aliphatic hydroxyl groups is 3. The molecule has 0 aliphatic carbocycles. The molecule has 0 aromatic carbocycles. The Morgan fingerprint density at radius 2 is 0.750 bits per heavy atom. The van der Waals surface area contributed by atoms with Gasteiger partial charge in [0.25, 0.3) is 0 Å². The average Bonchev–Trinajstić information content (AvgIpc) is 1.86. The molecule has 95 valence electrons. The molecular formula is C9H25LiO4TiV. The van der Waals surface area contributed by atoms with Gasteiger partial charge in [0.15, 0.2) is 0 Å². The molecule has 0 bridgehead atoms. The van der Waals surface area contributed by atoms with Crippen LogP contribution in [0.4, 0.5) is 0 Å². The molecule has 0 spiro atoms. The van der Waals surface area contributed by atoms with E-state index in [1.807, 2.05) is 0 Å². The second kappa shape index (κ2) is 36.0. The predicted octanol–water partition coefficient (Wildman–Crippen LogP) is -1.85. The standard InChI is InChI=1S/3C3H8O.Li.O.Ti.V.H/c3*1-3(2)4;;;;;/h3*3-4H,1-2H3;;;;;/q;;;+1;;;;-1. The van der Waals surface area contributed by atoms with Crippen molar-refractivity contribution in [3.05, 3.63) is 0 Å². The minimum absolute atomic E-state index is 0. The summed E-state index contributed by atoms with van der Waals surface area (Å²) < 4.78 is 8.19. The molecule has 7 heteroatoms. The fourth-order valence-electron chi connectivity index (χ4n) is 0. The number of rotatable bonds is 0. The smallest absolute Gasteiger partial charge is 0 e. The van der Waals surface area contributed by atoms with E-state index < -0.39 is 0 Å². The van der Waals surface area contributed by atoms with Gasteiger partial charge in [-0.05, 0) is 41.5 Å². The molecule has 0 amide bonds. The Morgan fingerprint density at radius 3 is 0.750 bits per heavy atom. The first-order valence-corrected chi connectivity index (χ1v) is 4.99. The van der Waals surface area contributed by atoms with Gasteiger partial charge >= 0.3 is 39.9 Å². The molecule has 0 aliphatic heterocycles. The fourth-order valence-corrected chi connectivity index (χ4v) is 0. The van der Waals surface area contributed by atoms with Gasteiger partial charge in [0, 0.05) is 40.0 Å². The van der Waals surface area contributed by atoms with Crippen LogP contribution in [0.1, 0.15) is 43.0 Å². The number of aliphatic hydroxyl groups excluding tert-OH is 3. The van der Waals surface area contributed by atoms with Gasteiger partial charge in [-0.25, -0.2) is 0 Å². The normalized spacial score (nSPS) is 6.94. The zero-order valence-corrected chi connectivity index (χ0v) is 14.4. The minimum atomic E-state index is -0.167. The molecule has 0 unspecified atom stereocenters. The SMILES string of the molecule is CC(C)O.CC(C)O.CC(C)O.[H-].[Li+].[O]=[V].[Ti]. The summed E-state index contributed by atoms with van der Waals surface area (Å²) in [4.78, 5) is 0. The van der Waals surface area contributed by atoms with Crippen molar-refractivity contribution < 1.29 is 78.4 Å². The van der Waals surface area contributed by atoms with Gasteiger partial charge in [0.2, 0.25) is 0 Å². The van der Waals surface area contributed by atoms with Crippen LogP contribution in [0, 0.1) is 0 Å². The molecule has 4 nitrogen and oxygen atoms in total. The van der Waals surface area contributed by atoms with Crippen molar-refractivity contribution in [1.82, 2.24) is 0 Å². The Bertz CT molecular complexity index is 70.9. The first kappa shape index (κ1) is 36.0. The van der Waals surface area contributed by atoms with E-state index in [9.17, 15) is 0 Å². The Labute approximate surface area is 137 Å². The molecule has 0 fully saturated rings. The molecule has 0 aromatic rings. The average molecular weight is 303 g/mol. The fraction of sp³-hybridized carbons (Fsp3) is 1.00. The third-order valence-electron chi connectivity index (χ3n) is 0. The molecule has 16 heavy (non-hydrogen) atoms. The maximum atomic E-state index is 8.19. The zero-order chi connectivity index (χ0) is 12.7. The molecule has 0 saturated heterocycles. The van der Waals surface area contributed by atoms with E-state index >= 15 is 0 Å². The molecule has 0 heterocycles. The molecule has 0 radical (unpaired) electrons. The van der Waals surface area contributed by atoms with Crippen molar-refractivity contribution in [2.75, 3.05) is 0 Å². The molecule has 0 aromatic heterocycles. The summed E-state index contributed by atoms with van der Waals surface area (Å²) >= 11 is 1.06. The van der Waals surface area contributed by atoms with Gasteiger partial charge in [0.05, 0.1) is 0 Å². The summed E-state index contributed by atoms with van der Waals surface area (Å²) in [6, 6.07) is 0.